The molecule has 1 fully saturated rings. The molecule has 34 heavy (non-hydrogen) atoms. The molecule has 0 saturated carbocycles. The molecule has 0 aliphatic carbocycles. The highest BCUT2D eigenvalue weighted by Gasteiger charge is 2.69. The summed E-state index contributed by atoms with van der Waals surface area (Å²) in [7, 11) is 0. The van der Waals surface area contributed by atoms with E-state index < -0.39 is 23.4 Å². The molecule has 1 saturated heterocycles. The molecule has 3 aromatic rings. The van der Waals surface area contributed by atoms with Crippen molar-refractivity contribution in [2.75, 3.05) is 10.2 Å². The van der Waals surface area contributed by atoms with E-state index in [-0.39, 0.29) is 17.5 Å². The number of para-hydroxylation sites is 1. The van der Waals surface area contributed by atoms with E-state index in [2.05, 4.69) is 5.32 Å². The van der Waals surface area contributed by atoms with Crippen molar-refractivity contribution in [1.29, 1.82) is 0 Å². The Hall–Kier alpha value is -3.70. The highest BCUT2D eigenvalue weighted by Crippen LogP contribution is 2.57. The minimum Gasteiger partial charge on any atom is -0.352 e. The van der Waals surface area contributed by atoms with Gasteiger partial charge in [-0.25, -0.2) is 0 Å². The van der Waals surface area contributed by atoms with Gasteiger partial charge in [0, 0.05) is 22.0 Å². The number of ketones is 2. The number of rotatable bonds is 3. The van der Waals surface area contributed by atoms with Crippen LogP contribution in [0.1, 0.15) is 28.4 Å². The zero-order valence-corrected chi connectivity index (χ0v) is 19.1. The summed E-state index contributed by atoms with van der Waals surface area (Å²) in [6, 6.07) is 20.5. The second-order valence-electron chi connectivity index (χ2n) is 9.05. The summed E-state index contributed by atoms with van der Waals surface area (Å²) in [6.45, 7) is 1.50. The first kappa shape index (κ1) is 20.9. The van der Waals surface area contributed by atoms with Crippen molar-refractivity contribution in [1.82, 2.24) is 0 Å². The monoisotopic (exact) mass is 468 g/mol. The molecular formula is C28H21ClN2O3. The van der Waals surface area contributed by atoms with Crippen LogP contribution in [0.4, 0.5) is 11.4 Å². The molecule has 5 nitrogen and oxygen atoms in total. The summed E-state index contributed by atoms with van der Waals surface area (Å²) >= 11 is 6.25. The molecule has 0 aromatic heterocycles. The number of benzene rings is 3. The zero-order chi connectivity index (χ0) is 23.6. The highest BCUT2D eigenvalue weighted by molar-refractivity contribution is 6.31. The summed E-state index contributed by atoms with van der Waals surface area (Å²) in [6.07, 6.45) is 3.87. The first-order valence-electron chi connectivity index (χ1n) is 11.2. The van der Waals surface area contributed by atoms with Gasteiger partial charge in [0.15, 0.2) is 11.6 Å². The predicted molar refractivity (Wildman–Crippen MR) is 132 cm³/mol. The van der Waals surface area contributed by atoms with Gasteiger partial charge in [-0.2, -0.15) is 0 Å². The molecule has 0 unspecified atom stereocenters. The maximum atomic E-state index is 14.2. The fourth-order valence-corrected chi connectivity index (χ4v) is 6.27. The third-order valence-electron chi connectivity index (χ3n) is 7.35. The molecular weight excluding hydrogens is 448 g/mol. The fourth-order valence-electron chi connectivity index (χ4n) is 6.09. The fraction of sp³-hybridized carbons (Fsp3) is 0.179. The van der Waals surface area contributed by atoms with E-state index in [4.69, 9.17) is 11.6 Å². The van der Waals surface area contributed by atoms with Crippen LogP contribution in [0.2, 0.25) is 5.02 Å². The van der Waals surface area contributed by atoms with E-state index in [1.807, 2.05) is 59.5 Å². The van der Waals surface area contributed by atoms with Crippen molar-refractivity contribution in [2.24, 2.45) is 5.92 Å². The van der Waals surface area contributed by atoms with Gasteiger partial charge in [0.25, 0.3) is 0 Å². The van der Waals surface area contributed by atoms with Crippen LogP contribution in [-0.2, 0) is 15.0 Å². The van der Waals surface area contributed by atoms with Gasteiger partial charge in [-0.15, -0.1) is 0 Å². The number of fused-ring (bicyclic) bond motifs is 6. The standard InChI is InChI=1S/C28H21ClN2O3/c1-16(32)25-24(26(33)17-7-3-2-4-8-17)28(20-9-5-6-10-21(20)30-27(28)34)23-14-11-18-15-19(29)12-13-22(18)31(23)25/h2-15,23-25H,1H3,(H,30,34)/t23-,24+,25+,28+/m0/s1. The molecule has 6 rings (SSSR count). The molecule has 3 heterocycles. The van der Waals surface area contributed by atoms with Crippen LogP contribution < -0.4 is 10.2 Å². The Balaban J connectivity index is 1.67. The number of amides is 1. The molecule has 1 amide bonds. The van der Waals surface area contributed by atoms with Crippen LogP contribution in [0.5, 0.6) is 0 Å². The van der Waals surface area contributed by atoms with E-state index >= 15 is 0 Å². The Bertz CT molecular complexity index is 1400. The molecule has 4 atom stereocenters. The predicted octanol–water partition coefficient (Wildman–Crippen LogP) is 4.90. The number of carbonyl (C=O) groups is 3. The SMILES string of the molecule is CC(=O)[C@@H]1[C@H](C(=O)c2ccccc2)[C@]2(C(=O)Nc3ccccc32)[C@@H]2C=Cc3cc(Cl)ccc3N12. The van der Waals surface area contributed by atoms with Crippen molar-refractivity contribution in [2.45, 2.75) is 24.4 Å². The molecule has 1 N–H and O–H groups in total. The molecule has 3 aliphatic rings. The van der Waals surface area contributed by atoms with Gasteiger partial charge in [-0.1, -0.05) is 72.3 Å². The van der Waals surface area contributed by atoms with Crippen LogP contribution in [0, 0.1) is 5.92 Å². The van der Waals surface area contributed by atoms with Gasteiger partial charge in [0.1, 0.15) is 5.41 Å². The van der Waals surface area contributed by atoms with Gasteiger partial charge in [-0.05, 0) is 42.3 Å². The summed E-state index contributed by atoms with van der Waals surface area (Å²) < 4.78 is 0. The Morgan fingerprint density at radius 1 is 1.00 bits per heavy atom. The van der Waals surface area contributed by atoms with Gasteiger partial charge in [0.05, 0.1) is 18.0 Å². The number of nitrogens with one attached hydrogen (secondary N) is 1. The number of halogens is 1. The quantitative estimate of drug-likeness (QED) is 0.555. The third-order valence-corrected chi connectivity index (χ3v) is 7.59. The lowest BCUT2D eigenvalue weighted by Gasteiger charge is -2.37. The largest absolute Gasteiger partial charge is 0.352 e. The normalized spacial score (nSPS) is 26.1. The van der Waals surface area contributed by atoms with Gasteiger partial charge < -0.3 is 10.2 Å². The average Bonchev–Trinajstić information content (AvgIpc) is 3.32. The lowest BCUT2D eigenvalue weighted by Crippen LogP contribution is -2.51. The van der Waals surface area contributed by atoms with Crippen molar-refractivity contribution >= 4 is 46.5 Å². The van der Waals surface area contributed by atoms with Crippen molar-refractivity contribution < 1.29 is 14.4 Å². The average molecular weight is 469 g/mol. The number of anilines is 2. The van der Waals surface area contributed by atoms with Crippen LogP contribution >= 0.6 is 11.6 Å². The molecule has 0 radical (unpaired) electrons. The summed E-state index contributed by atoms with van der Waals surface area (Å²) in [5.41, 5.74) is 2.29. The molecule has 3 aliphatic heterocycles. The summed E-state index contributed by atoms with van der Waals surface area (Å²) in [5, 5.41) is 3.59. The zero-order valence-electron chi connectivity index (χ0n) is 18.4. The van der Waals surface area contributed by atoms with E-state index in [0.717, 1.165) is 16.8 Å². The van der Waals surface area contributed by atoms with E-state index in [1.165, 1.54) is 6.92 Å². The van der Waals surface area contributed by atoms with Gasteiger partial charge in [-0.3, -0.25) is 14.4 Å². The number of hydrogen-bond acceptors (Lipinski definition) is 4. The summed E-state index contributed by atoms with van der Waals surface area (Å²) in [4.78, 5) is 43.4. The molecule has 168 valence electrons. The minimum absolute atomic E-state index is 0.162. The maximum Gasteiger partial charge on any atom is 0.238 e. The van der Waals surface area contributed by atoms with Crippen molar-refractivity contribution in [3.63, 3.8) is 0 Å². The van der Waals surface area contributed by atoms with Gasteiger partial charge in [0.2, 0.25) is 5.91 Å². The Labute approximate surface area is 202 Å². The molecule has 1 spiro atoms. The second-order valence-corrected chi connectivity index (χ2v) is 9.48. The number of carbonyl (C=O) groups excluding carboxylic acids is 3. The summed E-state index contributed by atoms with van der Waals surface area (Å²) in [5.74, 6) is -1.55. The molecule has 3 aromatic carbocycles. The lowest BCUT2D eigenvalue weighted by atomic mass is 9.64. The highest BCUT2D eigenvalue weighted by atomic mass is 35.5. The minimum atomic E-state index is -1.26. The first-order valence-corrected chi connectivity index (χ1v) is 11.6. The van der Waals surface area contributed by atoms with E-state index in [1.54, 1.807) is 30.3 Å². The maximum absolute atomic E-state index is 14.2. The first-order chi connectivity index (χ1) is 16.4. The lowest BCUT2D eigenvalue weighted by molar-refractivity contribution is -0.122. The van der Waals surface area contributed by atoms with E-state index in [9.17, 15) is 14.4 Å². The van der Waals surface area contributed by atoms with Gasteiger partial charge >= 0.3 is 0 Å². The van der Waals surface area contributed by atoms with Crippen molar-refractivity contribution in [3.8, 4) is 0 Å². The number of hydrogen-bond donors (Lipinski definition) is 1. The Kier molecular flexibility index (Phi) is 4.55. The number of nitrogens with zero attached hydrogens (tertiary/aromatic N) is 1. The molecule has 0 bridgehead atoms. The smallest absolute Gasteiger partial charge is 0.238 e. The van der Waals surface area contributed by atoms with Crippen LogP contribution in [0.15, 0.2) is 78.9 Å². The van der Waals surface area contributed by atoms with Crippen molar-refractivity contribution in [3.05, 3.63) is 101 Å². The molecule has 6 heteroatoms. The Morgan fingerprint density at radius 2 is 1.74 bits per heavy atom. The Morgan fingerprint density at radius 3 is 2.50 bits per heavy atom. The van der Waals surface area contributed by atoms with Crippen LogP contribution in [0.25, 0.3) is 6.08 Å². The van der Waals surface area contributed by atoms with E-state index in [0.29, 0.717) is 16.3 Å². The van der Waals surface area contributed by atoms with Crippen LogP contribution in [0.3, 0.4) is 0 Å². The second kappa shape index (κ2) is 7.40. The third kappa shape index (κ3) is 2.64. The topological polar surface area (TPSA) is 66.5 Å². The number of Topliss-reactive ketones (excluding diaryl/α,β-unsaturated/α-hetero) is 2. The van der Waals surface area contributed by atoms with Crippen LogP contribution in [-0.4, -0.2) is 29.6 Å².